The van der Waals surface area contributed by atoms with E-state index in [0.29, 0.717) is 22.5 Å². The molecular weight excluding hydrogens is 330 g/mol. The van der Waals surface area contributed by atoms with Crippen molar-refractivity contribution in [2.75, 3.05) is 19.4 Å². The van der Waals surface area contributed by atoms with E-state index in [4.69, 9.17) is 9.98 Å². The SMILES string of the molecule is CCCCC1N=C(PCC(C)(C)C)C(P(C)C(C)(C)C)=NCC1C. The highest BCUT2D eigenvalue weighted by molar-refractivity contribution is 7.84. The van der Waals surface area contributed by atoms with Crippen LogP contribution in [0.3, 0.4) is 0 Å². The molecule has 0 saturated heterocycles. The Morgan fingerprint density at radius 2 is 1.79 bits per heavy atom. The number of unbranched alkanes of at least 4 members (excludes halogenated alkanes) is 1. The van der Waals surface area contributed by atoms with Gasteiger partial charge in [0, 0.05) is 6.54 Å². The van der Waals surface area contributed by atoms with Crippen molar-refractivity contribution in [3.63, 3.8) is 0 Å². The first-order valence-corrected chi connectivity index (χ1v) is 12.6. The van der Waals surface area contributed by atoms with Gasteiger partial charge in [-0.3, -0.25) is 9.98 Å². The second-order valence-corrected chi connectivity index (χ2v) is 13.5. The molecule has 1 heterocycles. The molecule has 0 amide bonds. The van der Waals surface area contributed by atoms with Gasteiger partial charge in [-0.2, -0.15) is 0 Å². The summed E-state index contributed by atoms with van der Waals surface area (Å²) in [6.45, 7) is 22.1. The summed E-state index contributed by atoms with van der Waals surface area (Å²) in [5, 5.41) is 0.299. The predicted octanol–water partition coefficient (Wildman–Crippen LogP) is 6.63. The summed E-state index contributed by atoms with van der Waals surface area (Å²) in [6.07, 6.45) is 4.98. The summed E-state index contributed by atoms with van der Waals surface area (Å²) >= 11 is 0. The molecule has 0 aromatic heterocycles. The van der Waals surface area contributed by atoms with Crippen molar-refractivity contribution in [1.29, 1.82) is 0 Å². The van der Waals surface area contributed by atoms with Gasteiger partial charge in [0.05, 0.1) is 16.9 Å². The molecule has 0 spiro atoms. The lowest BCUT2D eigenvalue weighted by Gasteiger charge is -2.30. The van der Waals surface area contributed by atoms with Crippen LogP contribution < -0.4 is 0 Å². The Balaban J connectivity index is 3.12. The lowest BCUT2D eigenvalue weighted by atomic mass is 9.98. The molecule has 140 valence electrons. The Morgan fingerprint density at radius 1 is 1.17 bits per heavy atom. The van der Waals surface area contributed by atoms with Gasteiger partial charge in [0.1, 0.15) is 0 Å². The molecule has 0 aromatic carbocycles. The molecule has 0 saturated carbocycles. The van der Waals surface area contributed by atoms with Crippen LogP contribution in [0.25, 0.3) is 0 Å². The number of nitrogens with zero attached hydrogens (tertiary/aromatic N) is 2. The van der Waals surface area contributed by atoms with Crippen molar-refractivity contribution < 1.29 is 0 Å². The van der Waals surface area contributed by atoms with Gasteiger partial charge in [-0.15, -0.1) is 0 Å². The van der Waals surface area contributed by atoms with Crippen molar-refractivity contribution in [2.45, 2.75) is 85.9 Å². The van der Waals surface area contributed by atoms with Crippen molar-refractivity contribution in [2.24, 2.45) is 21.3 Å². The lowest BCUT2D eigenvalue weighted by molar-refractivity contribution is 0.435. The van der Waals surface area contributed by atoms with Gasteiger partial charge in [0.2, 0.25) is 0 Å². The fourth-order valence-electron chi connectivity index (χ4n) is 2.60. The zero-order chi connectivity index (χ0) is 18.5. The Labute approximate surface area is 154 Å². The van der Waals surface area contributed by atoms with E-state index in [1.807, 2.05) is 0 Å². The van der Waals surface area contributed by atoms with E-state index >= 15 is 0 Å². The van der Waals surface area contributed by atoms with E-state index in [-0.39, 0.29) is 7.92 Å². The Morgan fingerprint density at radius 3 is 2.29 bits per heavy atom. The topological polar surface area (TPSA) is 24.7 Å². The summed E-state index contributed by atoms with van der Waals surface area (Å²) in [5.41, 5.74) is 3.09. The molecule has 0 radical (unpaired) electrons. The van der Waals surface area contributed by atoms with Gasteiger partial charge >= 0.3 is 0 Å². The number of hydrogen-bond donors (Lipinski definition) is 0. The van der Waals surface area contributed by atoms with E-state index in [9.17, 15) is 0 Å². The average molecular weight is 371 g/mol. The maximum atomic E-state index is 5.33. The Hall–Kier alpha value is 0.200. The van der Waals surface area contributed by atoms with Crippen LogP contribution in [0, 0.1) is 11.3 Å². The second kappa shape index (κ2) is 9.23. The van der Waals surface area contributed by atoms with Gasteiger partial charge in [0.25, 0.3) is 0 Å². The van der Waals surface area contributed by atoms with E-state index in [0.717, 1.165) is 15.1 Å². The zero-order valence-corrected chi connectivity index (χ0v) is 19.4. The molecule has 1 rings (SSSR count). The minimum Gasteiger partial charge on any atom is -0.282 e. The molecule has 2 nitrogen and oxygen atoms in total. The molecule has 1 aliphatic heterocycles. The highest BCUT2D eigenvalue weighted by atomic mass is 31.1. The maximum absolute atomic E-state index is 5.33. The van der Waals surface area contributed by atoms with E-state index in [1.54, 1.807) is 0 Å². The molecule has 0 aromatic rings. The van der Waals surface area contributed by atoms with Gasteiger partial charge < -0.3 is 0 Å². The summed E-state index contributed by atoms with van der Waals surface area (Å²) in [6, 6.07) is 0.469. The van der Waals surface area contributed by atoms with Gasteiger partial charge in [0.15, 0.2) is 0 Å². The van der Waals surface area contributed by atoms with Crippen LogP contribution in [-0.2, 0) is 0 Å². The molecule has 1 aliphatic rings. The first-order chi connectivity index (χ1) is 11.0. The number of aliphatic imine (C=N–C) groups is 2. The third kappa shape index (κ3) is 7.21. The van der Waals surface area contributed by atoms with E-state index < -0.39 is 0 Å². The smallest absolute Gasteiger partial charge is 0.0829 e. The van der Waals surface area contributed by atoms with Gasteiger partial charge in [-0.1, -0.05) is 84.7 Å². The fraction of sp³-hybridized carbons (Fsp3) is 0.900. The van der Waals surface area contributed by atoms with Crippen LogP contribution in [0.4, 0.5) is 0 Å². The molecule has 0 N–H and O–H groups in total. The van der Waals surface area contributed by atoms with Crippen LogP contribution in [0.2, 0.25) is 0 Å². The molecule has 0 aliphatic carbocycles. The van der Waals surface area contributed by atoms with Crippen LogP contribution in [-0.4, -0.2) is 41.5 Å². The zero-order valence-electron chi connectivity index (χ0n) is 17.5. The van der Waals surface area contributed by atoms with Gasteiger partial charge in [-0.05, 0) is 35.7 Å². The quantitative estimate of drug-likeness (QED) is 0.469. The van der Waals surface area contributed by atoms with Crippen LogP contribution in [0.1, 0.15) is 74.7 Å². The monoisotopic (exact) mass is 370 g/mol. The Kier molecular flexibility index (Phi) is 8.55. The molecule has 0 bridgehead atoms. The van der Waals surface area contributed by atoms with Crippen molar-refractivity contribution in [3.05, 3.63) is 0 Å². The highest BCUT2D eigenvalue weighted by Crippen LogP contribution is 2.50. The van der Waals surface area contributed by atoms with Crippen molar-refractivity contribution in [3.8, 4) is 0 Å². The molecule has 24 heavy (non-hydrogen) atoms. The summed E-state index contributed by atoms with van der Waals surface area (Å²) in [4.78, 5) is 10.5. The minimum atomic E-state index is -0.268. The fourth-order valence-corrected chi connectivity index (χ4v) is 5.83. The third-order valence-corrected chi connectivity index (χ3v) is 9.81. The number of hydrogen-bond acceptors (Lipinski definition) is 2. The second-order valence-electron chi connectivity index (χ2n) is 9.47. The van der Waals surface area contributed by atoms with Crippen LogP contribution in [0.15, 0.2) is 9.98 Å². The standard InChI is InChI=1S/C20H40N2P2/c1-10-11-12-16-15(2)13-21-18(24(9)20(6,7)8)17(22-16)23-14-19(3,4)5/h15-16,23H,10-14H2,1-9H3. The minimum absolute atomic E-state index is 0.268. The molecular formula is C20H40N2P2. The molecule has 4 unspecified atom stereocenters. The largest absolute Gasteiger partial charge is 0.282 e. The van der Waals surface area contributed by atoms with Crippen molar-refractivity contribution >= 4 is 27.4 Å². The first kappa shape index (κ1) is 22.2. The maximum Gasteiger partial charge on any atom is 0.0829 e. The summed E-state index contributed by atoms with van der Waals surface area (Å²) < 4.78 is 0. The van der Waals surface area contributed by atoms with Crippen molar-refractivity contribution in [1.82, 2.24) is 0 Å². The number of rotatable bonds is 6. The highest BCUT2D eigenvalue weighted by Gasteiger charge is 2.31. The summed E-state index contributed by atoms with van der Waals surface area (Å²) in [5.74, 6) is 0.576. The van der Waals surface area contributed by atoms with Gasteiger partial charge in [-0.25, -0.2) is 0 Å². The molecule has 4 atom stereocenters. The lowest BCUT2D eigenvalue weighted by Crippen LogP contribution is -2.22. The van der Waals surface area contributed by atoms with E-state index in [1.165, 1.54) is 36.3 Å². The average Bonchev–Trinajstić information content (AvgIpc) is 2.60. The predicted molar refractivity (Wildman–Crippen MR) is 117 cm³/mol. The Bertz CT molecular complexity index is 455. The van der Waals surface area contributed by atoms with Crippen LogP contribution in [0.5, 0.6) is 0 Å². The molecule has 4 heteroatoms. The van der Waals surface area contributed by atoms with E-state index in [2.05, 4.69) is 62.1 Å². The molecule has 0 fully saturated rings. The summed E-state index contributed by atoms with van der Waals surface area (Å²) in [7, 11) is 0.528. The van der Waals surface area contributed by atoms with Crippen LogP contribution >= 0.6 is 16.5 Å². The first-order valence-electron chi connectivity index (χ1n) is 9.56. The third-order valence-electron chi connectivity index (χ3n) is 4.66. The normalized spacial score (nSPS) is 24.7.